The van der Waals surface area contributed by atoms with E-state index in [-0.39, 0.29) is 11.5 Å². The van der Waals surface area contributed by atoms with E-state index in [2.05, 4.69) is 48.3 Å². The van der Waals surface area contributed by atoms with Crippen molar-refractivity contribution in [2.45, 2.75) is 33.2 Å². The fraction of sp³-hybridized carbons (Fsp3) is 0.360. The van der Waals surface area contributed by atoms with Gasteiger partial charge in [0.15, 0.2) is 0 Å². The van der Waals surface area contributed by atoms with Crippen molar-refractivity contribution in [2.24, 2.45) is 0 Å². The topological polar surface area (TPSA) is 59.4 Å². The van der Waals surface area contributed by atoms with Gasteiger partial charge in [0, 0.05) is 44.6 Å². The highest BCUT2D eigenvalue weighted by molar-refractivity contribution is 5.97. The number of hydrogen-bond acceptors (Lipinski definition) is 4. The van der Waals surface area contributed by atoms with Crippen LogP contribution in [0.3, 0.4) is 0 Å². The van der Waals surface area contributed by atoms with Crippen LogP contribution in [0.15, 0.2) is 60.3 Å². The second kappa shape index (κ2) is 10.1. The molecular weight excluding hydrogens is 372 g/mol. The zero-order valence-corrected chi connectivity index (χ0v) is 18.1. The predicted molar refractivity (Wildman–Crippen MR) is 121 cm³/mol. The maximum absolute atomic E-state index is 12.9. The Kier molecular flexibility index (Phi) is 7.26. The van der Waals surface area contributed by atoms with Gasteiger partial charge in [-0.05, 0) is 29.5 Å². The van der Waals surface area contributed by atoms with E-state index in [4.69, 9.17) is 0 Å². The first-order valence-electron chi connectivity index (χ1n) is 10.5. The lowest BCUT2D eigenvalue weighted by atomic mass is 9.98. The lowest BCUT2D eigenvalue weighted by Crippen LogP contribution is -2.48. The lowest BCUT2D eigenvalue weighted by Gasteiger charge is -2.34. The second-order valence-corrected chi connectivity index (χ2v) is 8.06. The molecule has 1 amide bonds. The summed E-state index contributed by atoms with van der Waals surface area (Å²) in [5.41, 5.74) is 4.66. The van der Waals surface area contributed by atoms with Gasteiger partial charge in [-0.15, -0.1) is 0 Å². The number of para-hydroxylation sites is 1. The fourth-order valence-electron chi connectivity index (χ4n) is 3.78. The van der Waals surface area contributed by atoms with Gasteiger partial charge in [0.25, 0.3) is 5.91 Å². The summed E-state index contributed by atoms with van der Waals surface area (Å²) >= 11 is 0. The third-order valence-corrected chi connectivity index (χ3v) is 5.55. The van der Waals surface area contributed by atoms with Gasteiger partial charge in [-0.3, -0.25) is 9.69 Å². The summed E-state index contributed by atoms with van der Waals surface area (Å²) in [7, 11) is 0. The summed E-state index contributed by atoms with van der Waals surface area (Å²) in [6.45, 7) is 10.1. The summed E-state index contributed by atoms with van der Waals surface area (Å²) in [4.78, 5) is 17.0. The molecule has 0 aliphatic carbocycles. The molecule has 0 bridgehead atoms. The number of nitrogens with zero attached hydrogens (tertiary/aromatic N) is 3. The van der Waals surface area contributed by atoms with E-state index in [0.717, 1.165) is 30.9 Å². The minimum absolute atomic E-state index is 0.143. The number of aryl methyl sites for hydroxylation is 1. The van der Waals surface area contributed by atoms with Gasteiger partial charge in [0.05, 0.1) is 0 Å². The maximum atomic E-state index is 12.9. The standard InChI is InChI=1S/C25H30N4O/c1-19(2)23-11-7-8-20(3)24(23)27-17-22(16-26)25(30)29-14-12-28(13-15-29)18-21-9-5-4-6-10-21/h4-11,17,19,27H,12-15,18H2,1-3H3/b22-17-. The Morgan fingerprint density at radius 1 is 1.10 bits per heavy atom. The Hall–Kier alpha value is -3.10. The molecule has 1 heterocycles. The smallest absolute Gasteiger partial charge is 0.266 e. The van der Waals surface area contributed by atoms with Crippen LogP contribution in [0.1, 0.15) is 36.5 Å². The number of nitrogens with one attached hydrogen (secondary N) is 1. The van der Waals surface area contributed by atoms with Crippen molar-refractivity contribution in [3.63, 3.8) is 0 Å². The van der Waals surface area contributed by atoms with E-state index >= 15 is 0 Å². The maximum Gasteiger partial charge on any atom is 0.266 e. The molecule has 0 aromatic heterocycles. The van der Waals surface area contributed by atoms with E-state index in [1.807, 2.05) is 37.3 Å². The van der Waals surface area contributed by atoms with Crippen molar-refractivity contribution < 1.29 is 4.79 Å². The summed E-state index contributed by atoms with van der Waals surface area (Å²) in [5, 5.41) is 12.8. The average molecular weight is 403 g/mol. The molecule has 0 radical (unpaired) electrons. The van der Waals surface area contributed by atoms with Crippen molar-refractivity contribution in [2.75, 3.05) is 31.5 Å². The quantitative estimate of drug-likeness (QED) is 0.579. The highest BCUT2D eigenvalue weighted by atomic mass is 16.2. The van der Waals surface area contributed by atoms with Gasteiger partial charge in [-0.25, -0.2) is 0 Å². The van der Waals surface area contributed by atoms with Crippen molar-refractivity contribution in [1.29, 1.82) is 5.26 Å². The van der Waals surface area contributed by atoms with Gasteiger partial charge in [0.2, 0.25) is 0 Å². The molecule has 30 heavy (non-hydrogen) atoms. The van der Waals surface area contributed by atoms with Crippen LogP contribution in [-0.2, 0) is 11.3 Å². The van der Waals surface area contributed by atoms with Crippen molar-refractivity contribution in [3.8, 4) is 6.07 Å². The minimum atomic E-state index is -0.205. The fourth-order valence-corrected chi connectivity index (χ4v) is 3.78. The first kappa shape index (κ1) is 21.6. The number of piperazine rings is 1. The molecule has 3 rings (SSSR count). The molecule has 0 spiro atoms. The largest absolute Gasteiger partial charge is 0.360 e. The Balaban J connectivity index is 1.63. The Morgan fingerprint density at radius 2 is 1.80 bits per heavy atom. The Labute approximate surface area is 179 Å². The normalized spacial score (nSPS) is 15.2. The molecule has 0 unspecified atom stereocenters. The van der Waals surface area contributed by atoms with Crippen LogP contribution < -0.4 is 5.32 Å². The number of nitriles is 1. The van der Waals surface area contributed by atoms with E-state index in [0.29, 0.717) is 19.0 Å². The van der Waals surface area contributed by atoms with Crippen LogP contribution in [0.5, 0.6) is 0 Å². The van der Waals surface area contributed by atoms with Crippen LogP contribution in [0.25, 0.3) is 0 Å². The Morgan fingerprint density at radius 3 is 2.43 bits per heavy atom. The first-order chi connectivity index (χ1) is 14.5. The van der Waals surface area contributed by atoms with E-state index < -0.39 is 0 Å². The number of amides is 1. The molecule has 5 heteroatoms. The van der Waals surface area contributed by atoms with Gasteiger partial charge < -0.3 is 10.2 Å². The van der Waals surface area contributed by atoms with Crippen molar-refractivity contribution in [3.05, 3.63) is 77.0 Å². The molecule has 0 atom stereocenters. The Bertz CT molecular complexity index is 935. The molecule has 1 saturated heterocycles. The van der Waals surface area contributed by atoms with Crippen LogP contribution in [0.4, 0.5) is 5.69 Å². The van der Waals surface area contributed by atoms with Gasteiger partial charge >= 0.3 is 0 Å². The van der Waals surface area contributed by atoms with E-state index in [1.165, 1.54) is 11.1 Å². The number of anilines is 1. The second-order valence-electron chi connectivity index (χ2n) is 8.06. The van der Waals surface area contributed by atoms with Gasteiger partial charge in [-0.1, -0.05) is 62.4 Å². The molecule has 2 aromatic carbocycles. The van der Waals surface area contributed by atoms with Gasteiger partial charge in [-0.2, -0.15) is 5.26 Å². The summed E-state index contributed by atoms with van der Waals surface area (Å²) in [5.74, 6) is 0.142. The molecular formula is C25H30N4O. The SMILES string of the molecule is Cc1cccc(C(C)C)c1N/C=C(/C#N)C(=O)N1CCN(Cc2ccccc2)CC1. The monoisotopic (exact) mass is 402 g/mol. The van der Waals surface area contributed by atoms with Crippen molar-refractivity contribution >= 4 is 11.6 Å². The summed E-state index contributed by atoms with van der Waals surface area (Å²) in [6.07, 6.45) is 1.56. The third-order valence-electron chi connectivity index (χ3n) is 5.55. The summed E-state index contributed by atoms with van der Waals surface area (Å²) < 4.78 is 0. The summed E-state index contributed by atoms with van der Waals surface area (Å²) in [6, 6.07) is 18.6. The highest BCUT2D eigenvalue weighted by Crippen LogP contribution is 2.27. The number of rotatable bonds is 6. The first-order valence-corrected chi connectivity index (χ1v) is 10.5. The van der Waals surface area contributed by atoms with Crippen molar-refractivity contribution in [1.82, 2.24) is 9.80 Å². The lowest BCUT2D eigenvalue weighted by molar-refractivity contribution is -0.128. The molecule has 156 valence electrons. The number of carbonyl (C=O) groups is 1. The van der Waals surface area contributed by atoms with Crippen LogP contribution in [0, 0.1) is 18.3 Å². The highest BCUT2D eigenvalue weighted by Gasteiger charge is 2.24. The third kappa shape index (κ3) is 5.28. The minimum Gasteiger partial charge on any atom is -0.360 e. The van der Waals surface area contributed by atoms with E-state index in [9.17, 15) is 10.1 Å². The van der Waals surface area contributed by atoms with E-state index in [1.54, 1.807) is 11.1 Å². The predicted octanol–water partition coefficient (Wildman–Crippen LogP) is 4.28. The molecule has 5 nitrogen and oxygen atoms in total. The number of benzene rings is 2. The number of carbonyl (C=O) groups excluding carboxylic acids is 1. The van der Waals surface area contributed by atoms with Crippen LogP contribution >= 0.6 is 0 Å². The molecule has 1 aliphatic rings. The van der Waals surface area contributed by atoms with Gasteiger partial charge in [0.1, 0.15) is 11.6 Å². The zero-order valence-electron chi connectivity index (χ0n) is 18.1. The molecule has 2 aromatic rings. The van der Waals surface area contributed by atoms with Crippen LogP contribution in [-0.4, -0.2) is 41.9 Å². The molecule has 1 N–H and O–H groups in total. The molecule has 1 aliphatic heterocycles. The molecule has 0 saturated carbocycles. The van der Waals surface area contributed by atoms with Crippen LogP contribution in [0.2, 0.25) is 0 Å². The number of hydrogen-bond donors (Lipinski definition) is 1. The average Bonchev–Trinajstić information content (AvgIpc) is 2.76. The zero-order chi connectivity index (χ0) is 21.5. The molecule has 1 fully saturated rings.